The van der Waals surface area contributed by atoms with E-state index in [2.05, 4.69) is 10.6 Å². The van der Waals surface area contributed by atoms with Gasteiger partial charge in [-0.15, -0.1) is 0 Å². The van der Waals surface area contributed by atoms with E-state index in [-0.39, 0.29) is 30.4 Å². The maximum atomic E-state index is 12.1. The Morgan fingerprint density at radius 3 is 2.30 bits per heavy atom. The smallest absolute Gasteiger partial charge is 0.251 e. The second-order valence-corrected chi connectivity index (χ2v) is 6.48. The van der Waals surface area contributed by atoms with Crippen molar-refractivity contribution in [3.05, 3.63) is 65.7 Å². The number of hydrogen-bond acceptors (Lipinski definition) is 4. The Morgan fingerprint density at radius 1 is 0.889 bits per heavy atom. The quantitative estimate of drug-likeness (QED) is 0.668. The number of amides is 2. The Kier molecular flexibility index (Phi) is 7.70. The van der Waals surface area contributed by atoms with E-state index in [1.165, 1.54) is 0 Å². The van der Waals surface area contributed by atoms with Gasteiger partial charge in [0.1, 0.15) is 0 Å². The first-order valence-electron chi connectivity index (χ1n) is 8.87. The Balaban J connectivity index is 1.85. The van der Waals surface area contributed by atoms with Gasteiger partial charge in [-0.1, -0.05) is 36.4 Å². The second-order valence-electron chi connectivity index (χ2n) is 6.48. The lowest BCUT2D eigenvalue weighted by atomic mass is 10.1. The average molecular weight is 367 g/mol. The van der Waals surface area contributed by atoms with E-state index in [9.17, 15) is 14.4 Å². The van der Waals surface area contributed by atoms with Crippen molar-refractivity contribution < 1.29 is 14.4 Å². The third-order valence-electron chi connectivity index (χ3n) is 3.93. The number of carbonyl (C=O) groups excluding carboxylic acids is 3. The summed E-state index contributed by atoms with van der Waals surface area (Å²) < 4.78 is 0. The van der Waals surface area contributed by atoms with Gasteiger partial charge in [0, 0.05) is 42.7 Å². The molecule has 6 heteroatoms. The number of rotatable bonds is 9. The van der Waals surface area contributed by atoms with Gasteiger partial charge in [0.25, 0.3) is 5.91 Å². The molecule has 0 saturated heterocycles. The summed E-state index contributed by atoms with van der Waals surface area (Å²) >= 11 is 0. The highest BCUT2D eigenvalue weighted by Gasteiger charge is 2.11. The minimum atomic E-state index is -0.260. The number of Topliss-reactive ketones (excluding diaryl/α,β-unsaturated/α-hetero) is 1. The van der Waals surface area contributed by atoms with Crippen LogP contribution in [0.1, 0.15) is 33.6 Å². The lowest BCUT2D eigenvalue weighted by molar-refractivity contribution is -0.116. The standard InChI is InChI=1S/C21H25N3O3/c1-24(2)14-13-22-21(27)17-9-6-10-18(15-17)23-20(26)12-11-19(25)16-7-4-3-5-8-16/h3-10,15H,11-14H2,1-2H3,(H,22,27)(H,23,26). The number of benzene rings is 2. The summed E-state index contributed by atoms with van der Waals surface area (Å²) in [6, 6.07) is 15.6. The predicted octanol–water partition coefficient (Wildman–Crippen LogP) is 2.58. The van der Waals surface area contributed by atoms with Gasteiger partial charge in [-0.3, -0.25) is 14.4 Å². The van der Waals surface area contributed by atoms with E-state index in [4.69, 9.17) is 0 Å². The topological polar surface area (TPSA) is 78.5 Å². The summed E-state index contributed by atoms with van der Waals surface area (Å²) in [7, 11) is 3.87. The van der Waals surface area contributed by atoms with Gasteiger partial charge in [0.2, 0.25) is 5.91 Å². The van der Waals surface area contributed by atoms with Crippen LogP contribution in [0.4, 0.5) is 5.69 Å². The third kappa shape index (κ3) is 7.03. The molecule has 0 saturated carbocycles. The second kappa shape index (κ2) is 10.2. The van der Waals surface area contributed by atoms with Crippen LogP contribution in [0.25, 0.3) is 0 Å². The fourth-order valence-corrected chi connectivity index (χ4v) is 2.45. The molecule has 0 aliphatic carbocycles. The number of likely N-dealkylation sites (N-methyl/N-ethyl adjacent to an activating group) is 1. The van der Waals surface area contributed by atoms with Crippen molar-refractivity contribution in [2.45, 2.75) is 12.8 Å². The van der Waals surface area contributed by atoms with E-state index in [0.717, 1.165) is 6.54 Å². The molecule has 2 N–H and O–H groups in total. The molecule has 0 radical (unpaired) electrons. The van der Waals surface area contributed by atoms with Crippen molar-refractivity contribution in [3.8, 4) is 0 Å². The molecular weight excluding hydrogens is 342 g/mol. The Bertz CT molecular complexity index is 788. The molecule has 2 aromatic rings. The summed E-state index contributed by atoms with van der Waals surface area (Å²) in [5.74, 6) is -0.517. The van der Waals surface area contributed by atoms with Gasteiger partial charge in [-0.2, -0.15) is 0 Å². The molecular formula is C21H25N3O3. The lowest BCUT2D eigenvalue weighted by Gasteiger charge is -2.11. The van der Waals surface area contributed by atoms with Gasteiger partial charge < -0.3 is 15.5 Å². The van der Waals surface area contributed by atoms with Crippen molar-refractivity contribution >= 4 is 23.3 Å². The van der Waals surface area contributed by atoms with E-state index < -0.39 is 0 Å². The summed E-state index contributed by atoms with van der Waals surface area (Å²) in [5.41, 5.74) is 1.61. The van der Waals surface area contributed by atoms with Crippen LogP contribution < -0.4 is 10.6 Å². The third-order valence-corrected chi connectivity index (χ3v) is 3.93. The van der Waals surface area contributed by atoms with Crippen LogP contribution in [0.5, 0.6) is 0 Å². The monoisotopic (exact) mass is 367 g/mol. The zero-order valence-electron chi connectivity index (χ0n) is 15.7. The molecule has 0 fully saturated rings. The summed E-state index contributed by atoms with van der Waals surface area (Å²) in [4.78, 5) is 38.3. The van der Waals surface area contributed by atoms with Gasteiger partial charge in [0.15, 0.2) is 5.78 Å². The molecule has 27 heavy (non-hydrogen) atoms. The molecule has 2 aromatic carbocycles. The van der Waals surface area contributed by atoms with Crippen LogP contribution in [0.2, 0.25) is 0 Å². The van der Waals surface area contributed by atoms with Gasteiger partial charge in [0.05, 0.1) is 0 Å². The molecule has 0 unspecified atom stereocenters. The fourth-order valence-electron chi connectivity index (χ4n) is 2.45. The molecule has 2 rings (SSSR count). The summed E-state index contributed by atoms with van der Waals surface area (Å²) in [6.07, 6.45) is 0.230. The highest BCUT2D eigenvalue weighted by molar-refractivity contribution is 6.00. The molecule has 0 atom stereocenters. The number of anilines is 1. The van der Waals surface area contributed by atoms with E-state index >= 15 is 0 Å². The number of nitrogens with zero attached hydrogens (tertiary/aromatic N) is 1. The maximum absolute atomic E-state index is 12.1. The molecule has 0 aromatic heterocycles. The van der Waals surface area contributed by atoms with Crippen molar-refractivity contribution in [2.75, 3.05) is 32.5 Å². The molecule has 0 spiro atoms. The lowest BCUT2D eigenvalue weighted by Crippen LogP contribution is -2.31. The maximum Gasteiger partial charge on any atom is 0.251 e. The first-order chi connectivity index (χ1) is 13.0. The van der Waals surface area contributed by atoms with Crippen LogP contribution in [-0.2, 0) is 4.79 Å². The minimum Gasteiger partial charge on any atom is -0.351 e. The van der Waals surface area contributed by atoms with E-state index in [0.29, 0.717) is 23.4 Å². The Hall–Kier alpha value is -2.99. The zero-order chi connectivity index (χ0) is 19.6. The normalized spacial score (nSPS) is 10.5. The summed E-state index contributed by atoms with van der Waals surface area (Å²) in [6.45, 7) is 1.29. The molecule has 0 aliphatic heterocycles. The molecule has 0 heterocycles. The number of nitrogens with one attached hydrogen (secondary N) is 2. The van der Waals surface area contributed by atoms with Crippen LogP contribution in [-0.4, -0.2) is 49.7 Å². The van der Waals surface area contributed by atoms with Crippen LogP contribution in [0.15, 0.2) is 54.6 Å². The molecule has 0 aliphatic rings. The highest BCUT2D eigenvalue weighted by atomic mass is 16.2. The fraction of sp³-hybridized carbons (Fsp3) is 0.286. The largest absolute Gasteiger partial charge is 0.351 e. The molecule has 0 bridgehead atoms. The Labute approximate surface area is 159 Å². The molecule has 2 amide bonds. The van der Waals surface area contributed by atoms with E-state index in [1.807, 2.05) is 25.1 Å². The van der Waals surface area contributed by atoms with Crippen molar-refractivity contribution in [1.29, 1.82) is 0 Å². The minimum absolute atomic E-state index is 0.0697. The number of hydrogen-bond donors (Lipinski definition) is 2. The van der Waals surface area contributed by atoms with Crippen molar-refractivity contribution in [3.63, 3.8) is 0 Å². The molecule has 6 nitrogen and oxygen atoms in total. The summed E-state index contributed by atoms with van der Waals surface area (Å²) in [5, 5.41) is 5.57. The first kappa shape index (κ1) is 20.3. The van der Waals surface area contributed by atoms with Crippen LogP contribution in [0, 0.1) is 0 Å². The van der Waals surface area contributed by atoms with Crippen LogP contribution in [0.3, 0.4) is 0 Å². The predicted molar refractivity (Wildman–Crippen MR) is 106 cm³/mol. The molecule has 142 valence electrons. The number of carbonyl (C=O) groups is 3. The zero-order valence-corrected chi connectivity index (χ0v) is 15.7. The number of ketones is 1. The van der Waals surface area contributed by atoms with Crippen LogP contribution >= 0.6 is 0 Å². The van der Waals surface area contributed by atoms with Crippen molar-refractivity contribution in [2.24, 2.45) is 0 Å². The van der Waals surface area contributed by atoms with Crippen molar-refractivity contribution in [1.82, 2.24) is 10.2 Å². The van der Waals surface area contributed by atoms with Gasteiger partial charge in [-0.05, 0) is 32.3 Å². The van der Waals surface area contributed by atoms with Gasteiger partial charge >= 0.3 is 0 Å². The van der Waals surface area contributed by atoms with Gasteiger partial charge in [-0.25, -0.2) is 0 Å². The Morgan fingerprint density at radius 2 is 1.59 bits per heavy atom. The average Bonchev–Trinajstić information content (AvgIpc) is 2.66. The SMILES string of the molecule is CN(C)CCNC(=O)c1cccc(NC(=O)CCC(=O)c2ccccc2)c1. The van der Waals surface area contributed by atoms with E-state index in [1.54, 1.807) is 48.5 Å². The highest BCUT2D eigenvalue weighted by Crippen LogP contribution is 2.12. The first-order valence-corrected chi connectivity index (χ1v) is 8.87.